The molecule has 0 aliphatic heterocycles. The fourth-order valence-corrected chi connectivity index (χ4v) is 3.25. The number of para-hydroxylation sites is 1. The minimum absolute atomic E-state index is 0.577. The van der Waals surface area contributed by atoms with Crippen LogP contribution < -0.4 is 0 Å². The van der Waals surface area contributed by atoms with Crippen LogP contribution >= 0.6 is 11.6 Å². The Morgan fingerprint density at radius 1 is 1.00 bits per heavy atom. The highest BCUT2D eigenvalue weighted by atomic mass is 35.5. The molecule has 2 nitrogen and oxygen atoms in total. The van der Waals surface area contributed by atoms with Gasteiger partial charge in [0.05, 0.1) is 5.02 Å². The summed E-state index contributed by atoms with van der Waals surface area (Å²) in [6.07, 6.45) is 1.17. The molecule has 4 rings (SSSR count). The molecule has 1 aliphatic rings. The Bertz CT molecular complexity index is 779. The van der Waals surface area contributed by atoms with E-state index in [1.165, 1.54) is 11.1 Å². The zero-order valence-corrected chi connectivity index (χ0v) is 11.5. The Balaban J connectivity index is 1.82. The van der Waals surface area contributed by atoms with Crippen molar-refractivity contribution in [2.24, 2.45) is 0 Å². The maximum absolute atomic E-state index is 10.9. The molecule has 0 atom stereocenters. The topological polar surface area (TPSA) is 33.4 Å². The summed E-state index contributed by atoms with van der Waals surface area (Å²) in [5.41, 5.74) is 2.04. The molecule has 20 heavy (non-hydrogen) atoms. The quantitative estimate of drug-likeness (QED) is 0.731. The Hall–Kier alpha value is -1.77. The van der Waals surface area contributed by atoms with Crippen molar-refractivity contribution in [1.82, 2.24) is 0 Å². The molecular weight excluding hydrogens is 272 g/mol. The minimum Gasteiger partial charge on any atom is -0.456 e. The Kier molecular flexibility index (Phi) is 2.47. The highest BCUT2D eigenvalue weighted by Crippen LogP contribution is 2.40. The van der Waals surface area contributed by atoms with Gasteiger partial charge in [0.2, 0.25) is 0 Å². The fourth-order valence-electron chi connectivity index (χ4n) is 3.03. The first-order chi connectivity index (χ1) is 9.66. The predicted molar refractivity (Wildman–Crippen MR) is 79.0 cm³/mol. The Labute approximate surface area is 121 Å². The summed E-state index contributed by atoms with van der Waals surface area (Å²) >= 11 is 6.14. The molecule has 0 bridgehead atoms. The van der Waals surface area contributed by atoms with Crippen LogP contribution in [0.2, 0.25) is 5.02 Å². The molecular formula is C17H13ClO2. The van der Waals surface area contributed by atoms with Gasteiger partial charge in [0, 0.05) is 18.2 Å². The maximum atomic E-state index is 10.9. The molecule has 0 unspecified atom stereocenters. The summed E-state index contributed by atoms with van der Waals surface area (Å²) in [6.45, 7) is 0. The minimum atomic E-state index is -0.966. The van der Waals surface area contributed by atoms with Gasteiger partial charge in [0.15, 0.2) is 5.58 Å². The summed E-state index contributed by atoms with van der Waals surface area (Å²) in [7, 11) is 0. The van der Waals surface area contributed by atoms with E-state index in [0.29, 0.717) is 29.2 Å². The number of benzene rings is 2. The van der Waals surface area contributed by atoms with Gasteiger partial charge >= 0.3 is 0 Å². The standard InChI is InChI=1S/C17H13ClO2/c18-14-7-3-6-11-8-15(20-16(11)14)17(19)9-12-4-1-2-5-13(12)10-17/h1-8,19H,9-10H2. The largest absolute Gasteiger partial charge is 0.456 e. The zero-order valence-electron chi connectivity index (χ0n) is 10.8. The van der Waals surface area contributed by atoms with Crippen LogP contribution in [0.25, 0.3) is 11.0 Å². The van der Waals surface area contributed by atoms with Crippen LogP contribution in [0.5, 0.6) is 0 Å². The summed E-state index contributed by atoms with van der Waals surface area (Å²) in [6, 6.07) is 15.6. The molecule has 2 aromatic carbocycles. The van der Waals surface area contributed by atoms with E-state index < -0.39 is 5.60 Å². The average Bonchev–Trinajstić information content (AvgIpc) is 3.00. The number of hydrogen-bond acceptors (Lipinski definition) is 2. The monoisotopic (exact) mass is 284 g/mol. The summed E-state index contributed by atoms with van der Waals surface area (Å²) in [5, 5.41) is 12.4. The molecule has 0 spiro atoms. The molecule has 0 radical (unpaired) electrons. The van der Waals surface area contributed by atoms with E-state index in [1.54, 1.807) is 6.07 Å². The molecule has 100 valence electrons. The molecule has 3 aromatic rings. The normalized spacial score (nSPS) is 16.5. The molecule has 0 fully saturated rings. The van der Waals surface area contributed by atoms with E-state index >= 15 is 0 Å². The van der Waals surface area contributed by atoms with Crippen molar-refractivity contribution >= 4 is 22.6 Å². The Morgan fingerprint density at radius 2 is 1.70 bits per heavy atom. The third-order valence-electron chi connectivity index (χ3n) is 4.04. The number of rotatable bonds is 1. The van der Waals surface area contributed by atoms with Crippen LogP contribution in [0.15, 0.2) is 52.9 Å². The number of hydrogen-bond donors (Lipinski definition) is 1. The van der Waals surface area contributed by atoms with Crippen molar-refractivity contribution in [3.63, 3.8) is 0 Å². The summed E-state index contributed by atoms with van der Waals surface area (Å²) in [5.74, 6) is 0.594. The van der Waals surface area contributed by atoms with E-state index in [9.17, 15) is 5.11 Å². The van der Waals surface area contributed by atoms with Gasteiger partial charge in [-0.05, 0) is 23.3 Å². The smallest absolute Gasteiger partial charge is 0.153 e. The van der Waals surface area contributed by atoms with Crippen LogP contribution in [-0.2, 0) is 18.4 Å². The third kappa shape index (κ3) is 1.69. The molecule has 3 heteroatoms. The highest BCUT2D eigenvalue weighted by molar-refractivity contribution is 6.34. The van der Waals surface area contributed by atoms with Gasteiger partial charge in [0.25, 0.3) is 0 Å². The molecule has 1 aromatic heterocycles. The maximum Gasteiger partial charge on any atom is 0.153 e. The van der Waals surface area contributed by atoms with Crippen molar-refractivity contribution in [3.05, 3.63) is 70.4 Å². The third-order valence-corrected chi connectivity index (χ3v) is 4.34. The van der Waals surface area contributed by atoms with E-state index in [4.69, 9.17) is 16.0 Å². The van der Waals surface area contributed by atoms with Gasteiger partial charge in [-0.25, -0.2) is 0 Å². The van der Waals surface area contributed by atoms with E-state index in [-0.39, 0.29) is 0 Å². The number of aliphatic hydroxyl groups is 1. The second-order valence-electron chi connectivity index (χ2n) is 5.42. The van der Waals surface area contributed by atoms with Crippen LogP contribution in [0, 0.1) is 0 Å². The van der Waals surface area contributed by atoms with Crippen molar-refractivity contribution in [3.8, 4) is 0 Å². The van der Waals surface area contributed by atoms with Crippen LogP contribution in [0.3, 0.4) is 0 Å². The van der Waals surface area contributed by atoms with Crippen molar-refractivity contribution in [2.75, 3.05) is 0 Å². The molecule has 0 saturated heterocycles. The Morgan fingerprint density at radius 3 is 2.35 bits per heavy atom. The average molecular weight is 285 g/mol. The lowest BCUT2D eigenvalue weighted by atomic mass is 9.97. The van der Waals surface area contributed by atoms with Gasteiger partial charge in [0.1, 0.15) is 11.4 Å². The first kappa shape index (κ1) is 12.0. The van der Waals surface area contributed by atoms with E-state index in [0.717, 1.165) is 5.39 Å². The summed E-state index contributed by atoms with van der Waals surface area (Å²) in [4.78, 5) is 0. The lowest BCUT2D eigenvalue weighted by Gasteiger charge is -2.18. The lowest BCUT2D eigenvalue weighted by Crippen LogP contribution is -2.25. The van der Waals surface area contributed by atoms with Crippen molar-refractivity contribution in [1.29, 1.82) is 0 Å². The number of fused-ring (bicyclic) bond motifs is 2. The van der Waals surface area contributed by atoms with Gasteiger partial charge < -0.3 is 9.52 Å². The lowest BCUT2D eigenvalue weighted by molar-refractivity contribution is 0.0270. The molecule has 1 heterocycles. The summed E-state index contributed by atoms with van der Waals surface area (Å²) < 4.78 is 5.84. The van der Waals surface area contributed by atoms with Gasteiger partial charge in [-0.3, -0.25) is 0 Å². The highest BCUT2D eigenvalue weighted by Gasteiger charge is 2.39. The zero-order chi connectivity index (χ0) is 13.7. The SMILES string of the molecule is OC1(c2cc3cccc(Cl)c3o2)Cc2ccccc2C1. The van der Waals surface area contributed by atoms with Crippen molar-refractivity contribution in [2.45, 2.75) is 18.4 Å². The second-order valence-corrected chi connectivity index (χ2v) is 5.83. The van der Waals surface area contributed by atoms with Gasteiger partial charge in [-0.15, -0.1) is 0 Å². The fraction of sp³-hybridized carbons (Fsp3) is 0.176. The van der Waals surface area contributed by atoms with E-state index in [1.807, 2.05) is 30.3 Å². The van der Waals surface area contributed by atoms with Crippen molar-refractivity contribution < 1.29 is 9.52 Å². The first-order valence-corrected chi connectivity index (χ1v) is 7.01. The van der Waals surface area contributed by atoms with Gasteiger partial charge in [-0.1, -0.05) is 48.0 Å². The molecule has 1 N–H and O–H groups in total. The molecule has 0 amide bonds. The number of halogens is 1. The predicted octanol–water partition coefficient (Wildman–Crippen LogP) is 4.07. The molecule has 1 aliphatic carbocycles. The van der Waals surface area contributed by atoms with Crippen LogP contribution in [-0.4, -0.2) is 5.11 Å². The first-order valence-electron chi connectivity index (χ1n) is 6.63. The molecule has 0 saturated carbocycles. The van der Waals surface area contributed by atoms with Gasteiger partial charge in [-0.2, -0.15) is 0 Å². The van der Waals surface area contributed by atoms with E-state index in [2.05, 4.69) is 12.1 Å². The second kappa shape index (κ2) is 4.11. The van der Waals surface area contributed by atoms with Crippen LogP contribution in [0.4, 0.5) is 0 Å². The van der Waals surface area contributed by atoms with Crippen LogP contribution in [0.1, 0.15) is 16.9 Å². The number of furan rings is 1.